The summed E-state index contributed by atoms with van der Waals surface area (Å²) in [4.78, 5) is 11.7. The van der Waals surface area contributed by atoms with Gasteiger partial charge in [0, 0.05) is 18.2 Å². The molecule has 4 nitrogen and oxygen atoms in total. The monoisotopic (exact) mass is 272 g/mol. The summed E-state index contributed by atoms with van der Waals surface area (Å²) >= 11 is 1.94. The molecule has 0 radical (unpaired) electrons. The normalized spacial score (nSPS) is 25.9. The van der Waals surface area contributed by atoms with Crippen LogP contribution in [0.5, 0.6) is 0 Å². The van der Waals surface area contributed by atoms with E-state index in [2.05, 4.69) is 10.6 Å². The molecule has 2 fully saturated rings. The van der Waals surface area contributed by atoms with E-state index in [0.717, 1.165) is 38.1 Å². The van der Waals surface area contributed by atoms with E-state index in [1.165, 1.54) is 12.2 Å². The van der Waals surface area contributed by atoms with Crippen molar-refractivity contribution in [3.05, 3.63) is 0 Å². The molecule has 18 heavy (non-hydrogen) atoms. The maximum Gasteiger partial charge on any atom is 0.222 e. The van der Waals surface area contributed by atoms with E-state index in [-0.39, 0.29) is 5.91 Å². The van der Waals surface area contributed by atoms with Gasteiger partial charge in [-0.15, -0.1) is 0 Å². The number of thioether (sulfide) groups is 1. The van der Waals surface area contributed by atoms with Crippen LogP contribution in [0.4, 0.5) is 0 Å². The Bertz CT molecular complexity index is 251. The van der Waals surface area contributed by atoms with Gasteiger partial charge in [-0.25, -0.2) is 0 Å². The number of nitrogens with one attached hydrogen (secondary N) is 2. The Morgan fingerprint density at radius 2 is 2.17 bits per heavy atom. The maximum atomic E-state index is 11.7. The van der Waals surface area contributed by atoms with Crippen molar-refractivity contribution in [2.75, 3.05) is 31.2 Å². The molecule has 1 atom stereocenters. The standard InChI is InChI=1S/C13H24N2O2S/c16-13(15-11-2-1-9-18-10-11)5-8-17-12-3-6-14-7-4-12/h11-12,14H,1-10H2,(H,15,16). The zero-order valence-electron chi connectivity index (χ0n) is 11.0. The van der Waals surface area contributed by atoms with Gasteiger partial charge < -0.3 is 15.4 Å². The van der Waals surface area contributed by atoms with Crippen molar-refractivity contribution in [2.45, 2.75) is 44.2 Å². The third-order valence-electron chi connectivity index (χ3n) is 3.49. The summed E-state index contributed by atoms with van der Waals surface area (Å²) in [5.74, 6) is 2.46. The van der Waals surface area contributed by atoms with E-state index in [9.17, 15) is 4.79 Å². The van der Waals surface area contributed by atoms with Crippen LogP contribution in [0.2, 0.25) is 0 Å². The number of rotatable bonds is 5. The molecule has 0 aromatic rings. The van der Waals surface area contributed by atoms with Crippen LogP contribution in [-0.4, -0.2) is 49.3 Å². The minimum Gasteiger partial charge on any atom is -0.378 e. The van der Waals surface area contributed by atoms with Crippen LogP contribution >= 0.6 is 11.8 Å². The molecule has 104 valence electrons. The van der Waals surface area contributed by atoms with Gasteiger partial charge in [0.05, 0.1) is 12.7 Å². The lowest BCUT2D eigenvalue weighted by Gasteiger charge is -2.24. The molecule has 0 spiro atoms. The van der Waals surface area contributed by atoms with E-state index < -0.39 is 0 Å². The van der Waals surface area contributed by atoms with Crippen molar-refractivity contribution in [1.82, 2.24) is 10.6 Å². The summed E-state index contributed by atoms with van der Waals surface area (Å²) in [5, 5.41) is 6.41. The largest absolute Gasteiger partial charge is 0.378 e. The van der Waals surface area contributed by atoms with Gasteiger partial charge in [-0.3, -0.25) is 4.79 Å². The van der Waals surface area contributed by atoms with E-state index >= 15 is 0 Å². The second-order valence-corrected chi connectivity index (χ2v) is 6.20. The number of hydrogen-bond acceptors (Lipinski definition) is 4. The summed E-state index contributed by atoms with van der Waals surface area (Å²) in [6, 6.07) is 0.384. The highest BCUT2D eigenvalue weighted by molar-refractivity contribution is 7.99. The predicted octanol–water partition coefficient (Wildman–Crippen LogP) is 1.16. The average molecular weight is 272 g/mol. The lowest BCUT2D eigenvalue weighted by molar-refractivity contribution is -0.123. The van der Waals surface area contributed by atoms with Crippen LogP contribution in [-0.2, 0) is 9.53 Å². The number of carbonyl (C=O) groups excluding carboxylic acids is 1. The zero-order chi connectivity index (χ0) is 12.6. The number of piperidine rings is 1. The quantitative estimate of drug-likeness (QED) is 0.788. The summed E-state index contributed by atoms with van der Waals surface area (Å²) in [5.41, 5.74) is 0. The summed E-state index contributed by atoms with van der Waals surface area (Å²) in [6.07, 6.45) is 5.35. The number of ether oxygens (including phenoxy) is 1. The molecule has 5 heteroatoms. The molecule has 2 aliphatic rings. The number of hydrogen-bond donors (Lipinski definition) is 2. The van der Waals surface area contributed by atoms with Gasteiger partial charge >= 0.3 is 0 Å². The van der Waals surface area contributed by atoms with E-state index in [1.807, 2.05) is 11.8 Å². The smallest absolute Gasteiger partial charge is 0.222 e. The fourth-order valence-electron chi connectivity index (χ4n) is 2.43. The highest BCUT2D eigenvalue weighted by Gasteiger charge is 2.17. The molecule has 0 aromatic carbocycles. The molecule has 1 unspecified atom stereocenters. The summed E-state index contributed by atoms with van der Waals surface area (Å²) < 4.78 is 5.74. The van der Waals surface area contributed by atoms with Gasteiger partial charge in [0.2, 0.25) is 5.91 Å². The molecule has 2 heterocycles. The van der Waals surface area contributed by atoms with Crippen molar-refractivity contribution >= 4 is 17.7 Å². The van der Waals surface area contributed by atoms with E-state index in [1.54, 1.807) is 0 Å². The molecule has 2 aliphatic heterocycles. The first-order valence-electron chi connectivity index (χ1n) is 7.04. The molecule has 2 rings (SSSR count). The first-order chi connectivity index (χ1) is 8.84. The Hall–Kier alpha value is -0.260. The van der Waals surface area contributed by atoms with Crippen LogP contribution in [0.15, 0.2) is 0 Å². The van der Waals surface area contributed by atoms with Crippen LogP contribution in [0, 0.1) is 0 Å². The second kappa shape index (κ2) is 8.02. The van der Waals surface area contributed by atoms with E-state index in [4.69, 9.17) is 4.74 Å². The second-order valence-electron chi connectivity index (χ2n) is 5.05. The average Bonchev–Trinajstić information content (AvgIpc) is 2.41. The predicted molar refractivity (Wildman–Crippen MR) is 75.0 cm³/mol. The van der Waals surface area contributed by atoms with Crippen LogP contribution in [0.25, 0.3) is 0 Å². The minimum absolute atomic E-state index is 0.149. The van der Waals surface area contributed by atoms with Gasteiger partial charge in [0.25, 0.3) is 0 Å². The minimum atomic E-state index is 0.149. The lowest BCUT2D eigenvalue weighted by Crippen LogP contribution is -2.39. The van der Waals surface area contributed by atoms with Gasteiger partial charge in [0.1, 0.15) is 0 Å². The van der Waals surface area contributed by atoms with Crippen LogP contribution in [0.1, 0.15) is 32.1 Å². The molecule has 1 amide bonds. The molecular formula is C13H24N2O2S. The summed E-state index contributed by atoms with van der Waals surface area (Å²) in [7, 11) is 0. The molecule has 0 bridgehead atoms. The van der Waals surface area contributed by atoms with Gasteiger partial charge in [-0.2, -0.15) is 11.8 Å². The zero-order valence-corrected chi connectivity index (χ0v) is 11.8. The number of amides is 1. The molecule has 0 aromatic heterocycles. The third-order valence-corrected chi connectivity index (χ3v) is 4.71. The van der Waals surface area contributed by atoms with Crippen molar-refractivity contribution in [3.63, 3.8) is 0 Å². The Kier molecular flexibility index (Phi) is 6.31. The van der Waals surface area contributed by atoms with Crippen molar-refractivity contribution in [1.29, 1.82) is 0 Å². The third kappa shape index (κ3) is 5.16. The van der Waals surface area contributed by atoms with Crippen molar-refractivity contribution in [2.24, 2.45) is 0 Å². The molecule has 2 saturated heterocycles. The molecular weight excluding hydrogens is 248 g/mol. The Morgan fingerprint density at radius 1 is 1.33 bits per heavy atom. The first kappa shape index (κ1) is 14.2. The van der Waals surface area contributed by atoms with Gasteiger partial charge in [-0.1, -0.05) is 0 Å². The number of carbonyl (C=O) groups is 1. The van der Waals surface area contributed by atoms with E-state index in [0.29, 0.717) is 25.2 Å². The fraction of sp³-hybridized carbons (Fsp3) is 0.923. The van der Waals surface area contributed by atoms with Crippen LogP contribution < -0.4 is 10.6 Å². The fourth-order valence-corrected chi connectivity index (χ4v) is 3.51. The molecule has 0 aliphatic carbocycles. The van der Waals surface area contributed by atoms with Crippen LogP contribution in [0.3, 0.4) is 0 Å². The Labute approximate surface area is 114 Å². The van der Waals surface area contributed by atoms with Crippen molar-refractivity contribution in [3.8, 4) is 0 Å². The molecule has 2 N–H and O–H groups in total. The van der Waals surface area contributed by atoms with Gasteiger partial charge in [0.15, 0.2) is 0 Å². The Balaban J connectivity index is 1.53. The topological polar surface area (TPSA) is 50.4 Å². The van der Waals surface area contributed by atoms with Crippen molar-refractivity contribution < 1.29 is 9.53 Å². The maximum absolute atomic E-state index is 11.7. The molecule has 0 saturated carbocycles. The Morgan fingerprint density at radius 3 is 2.89 bits per heavy atom. The summed E-state index contributed by atoms with van der Waals surface area (Å²) in [6.45, 7) is 2.64. The highest BCUT2D eigenvalue weighted by atomic mass is 32.2. The highest BCUT2D eigenvalue weighted by Crippen LogP contribution is 2.16. The lowest BCUT2D eigenvalue weighted by atomic mass is 10.1. The van der Waals surface area contributed by atoms with Gasteiger partial charge in [-0.05, 0) is 44.5 Å². The first-order valence-corrected chi connectivity index (χ1v) is 8.19. The SMILES string of the molecule is O=C(CCOC1CCNCC1)NC1CCCSC1.